The summed E-state index contributed by atoms with van der Waals surface area (Å²) in [6, 6.07) is 8.74. The van der Waals surface area contributed by atoms with Gasteiger partial charge in [-0.15, -0.1) is 0 Å². The zero-order valence-electron chi connectivity index (χ0n) is 20.2. The van der Waals surface area contributed by atoms with Gasteiger partial charge in [0, 0.05) is 36.2 Å². The number of alkyl halides is 4. The Morgan fingerprint density at radius 1 is 1.08 bits per heavy atom. The molecule has 1 aliphatic heterocycles. The summed E-state index contributed by atoms with van der Waals surface area (Å²) in [5, 5.41) is 12.9. The predicted octanol–water partition coefficient (Wildman–Crippen LogP) is 5.45. The van der Waals surface area contributed by atoms with Gasteiger partial charge in [0.05, 0.1) is 17.4 Å². The van der Waals surface area contributed by atoms with Gasteiger partial charge in [-0.1, -0.05) is 18.2 Å². The van der Waals surface area contributed by atoms with Crippen molar-refractivity contribution in [2.75, 3.05) is 16.8 Å². The summed E-state index contributed by atoms with van der Waals surface area (Å²) in [5.74, 6) is -1.38. The largest absolute Gasteiger partial charge is 0.416 e. The fourth-order valence-corrected chi connectivity index (χ4v) is 5.65. The highest BCUT2D eigenvalue weighted by Gasteiger charge is 2.38. The van der Waals surface area contributed by atoms with E-state index in [1.54, 1.807) is 6.07 Å². The van der Waals surface area contributed by atoms with Crippen LogP contribution in [-0.2, 0) is 28.6 Å². The zero-order valence-corrected chi connectivity index (χ0v) is 20.2. The number of hydrogen-bond donors (Lipinski definition) is 2. The van der Waals surface area contributed by atoms with Crippen molar-refractivity contribution in [3.05, 3.63) is 64.7 Å². The van der Waals surface area contributed by atoms with Gasteiger partial charge >= 0.3 is 6.18 Å². The van der Waals surface area contributed by atoms with E-state index in [0.29, 0.717) is 42.5 Å². The molecule has 5 rings (SSSR count). The molecule has 2 amide bonds. The summed E-state index contributed by atoms with van der Waals surface area (Å²) >= 11 is 0. The zero-order chi connectivity index (χ0) is 26.3. The van der Waals surface area contributed by atoms with Crippen molar-refractivity contribution >= 4 is 28.8 Å². The van der Waals surface area contributed by atoms with Crippen molar-refractivity contribution in [3.8, 4) is 0 Å². The first-order valence-electron chi connectivity index (χ1n) is 12.6. The van der Waals surface area contributed by atoms with Crippen LogP contribution >= 0.6 is 0 Å². The standard InChI is InChI=1S/C28H28F4N2O3/c29-20-7-4-18(12-20)27(37)34-11-10-17(22-9-6-19(14-25(22)34)28(30,31)32)13-26(36)33-24-3-1-2-16-5-8-21(35)15-23(16)24/h1-3,6,9,13-14,18,20-21,35H,4-5,7-8,10-12,15H2,(H,33,36). The molecule has 196 valence electrons. The van der Waals surface area contributed by atoms with Gasteiger partial charge in [-0.2, -0.15) is 13.2 Å². The number of aliphatic hydroxyl groups excluding tert-OH is 1. The first-order valence-corrected chi connectivity index (χ1v) is 12.6. The second-order valence-corrected chi connectivity index (χ2v) is 10.1. The Morgan fingerprint density at radius 2 is 1.89 bits per heavy atom. The maximum atomic E-state index is 13.7. The minimum atomic E-state index is -4.60. The molecule has 0 saturated heterocycles. The quantitative estimate of drug-likeness (QED) is 0.421. The Bertz CT molecular complexity index is 1260. The first-order chi connectivity index (χ1) is 17.6. The molecule has 1 saturated carbocycles. The third-order valence-electron chi connectivity index (χ3n) is 7.57. The van der Waals surface area contributed by atoms with Crippen molar-refractivity contribution in [1.82, 2.24) is 0 Å². The number of amides is 2. The smallest absolute Gasteiger partial charge is 0.393 e. The molecule has 1 heterocycles. The maximum Gasteiger partial charge on any atom is 0.416 e. The first kappa shape index (κ1) is 25.4. The molecule has 2 aromatic carbocycles. The van der Waals surface area contributed by atoms with Gasteiger partial charge in [0.1, 0.15) is 6.17 Å². The minimum absolute atomic E-state index is 0.0742. The fraction of sp³-hybridized carbons (Fsp3) is 0.429. The van der Waals surface area contributed by atoms with Gasteiger partial charge < -0.3 is 15.3 Å². The maximum absolute atomic E-state index is 13.7. The van der Waals surface area contributed by atoms with Crippen LogP contribution < -0.4 is 10.2 Å². The number of aryl methyl sites for hydroxylation is 1. The Morgan fingerprint density at radius 3 is 2.62 bits per heavy atom. The summed E-state index contributed by atoms with van der Waals surface area (Å²) < 4.78 is 54.3. The van der Waals surface area contributed by atoms with Crippen molar-refractivity contribution in [3.63, 3.8) is 0 Å². The lowest BCUT2D eigenvalue weighted by Gasteiger charge is -2.33. The van der Waals surface area contributed by atoms with E-state index < -0.39 is 35.8 Å². The summed E-state index contributed by atoms with van der Waals surface area (Å²) in [5.41, 5.74) is 2.64. The molecule has 0 bridgehead atoms. The van der Waals surface area contributed by atoms with Crippen LogP contribution in [-0.4, -0.2) is 35.7 Å². The molecular weight excluding hydrogens is 488 g/mol. The molecule has 0 spiro atoms. The fourth-order valence-electron chi connectivity index (χ4n) is 5.65. The number of halogens is 4. The lowest BCUT2D eigenvalue weighted by atomic mass is 9.88. The van der Waals surface area contributed by atoms with Crippen LogP contribution in [0.15, 0.2) is 42.5 Å². The molecule has 0 aromatic heterocycles. The number of nitrogens with zero attached hydrogens (tertiary/aromatic N) is 1. The molecule has 37 heavy (non-hydrogen) atoms. The van der Waals surface area contributed by atoms with Crippen LogP contribution in [0, 0.1) is 5.92 Å². The van der Waals surface area contributed by atoms with Crippen LogP contribution in [0.3, 0.4) is 0 Å². The summed E-state index contributed by atoms with van der Waals surface area (Å²) in [6.07, 6.45) is -2.01. The number of anilines is 2. The lowest BCUT2D eigenvalue weighted by Crippen LogP contribution is -2.39. The van der Waals surface area contributed by atoms with Crippen molar-refractivity contribution in [2.45, 2.75) is 63.4 Å². The van der Waals surface area contributed by atoms with E-state index in [9.17, 15) is 32.3 Å². The van der Waals surface area contributed by atoms with Crippen molar-refractivity contribution < 1.29 is 32.3 Å². The lowest BCUT2D eigenvalue weighted by molar-refractivity contribution is -0.137. The average molecular weight is 517 g/mol. The van der Waals surface area contributed by atoms with E-state index in [1.807, 2.05) is 12.1 Å². The molecule has 2 aliphatic carbocycles. The van der Waals surface area contributed by atoms with Gasteiger partial charge in [0.2, 0.25) is 11.8 Å². The summed E-state index contributed by atoms with van der Waals surface area (Å²) in [4.78, 5) is 27.5. The predicted molar refractivity (Wildman–Crippen MR) is 132 cm³/mol. The molecule has 1 fully saturated rings. The minimum Gasteiger partial charge on any atom is -0.393 e. The number of rotatable bonds is 3. The van der Waals surface area contributed by atoms with Gasteiger partial charge in [0.15, 0.2) is 0 Å². The van der Waals surface area contributed by atoms with Crippen molar-refractivity contribution in [2.24, 2.45) is 5.92 Å². The van der Waals surface area contributed by atoms with E-state index in [0.717, 1.165) is 23.3 Å². The monoisotopic (exact) mass is 516 g/mol. The highest BCUT2D eigenvalue weighted by Crippen LogP contribution is 2.41. The third kappa shape index (κ3) is 5.28. The molecule has 5 nitrogen and oxygen atoms in total. The van der Waals surface area contributed by atoms with Gasteiger partial charge in [-0.3, -0.25) is 9.59 Å². The molecule has 2 aromatic rings. The van der Waals surface area contributed by atoms with Crippen LogP contribution in [0.25, 0.3) is 5.57 Å². The molecule has 0 radical (unpaired) electrons. The molecule has 3 unspecified atom stereocenters. The Balaban J connectivity index is 1.45. The third-order valence-corrected chi connectivity index (χ3v) is 7.57. The number of carbonyl (C=O) groups excluding carboxylic acids is 2. The molecule has 3 aliphatic rings. The second-order valence-electron chi connectivity index (χ2n) is 10.1. The molecule has 9 heteroatoms. The van der Waals surface area contributed by atoms with Gasteiger partial charge in [0.25, 0.3) is 0 Å². The number of carbonyl (C=O) groups is 2. The van der Waals surface area contributed by atoms with Crippen LogP contribution in [0.1, 0.15) is 54.4 Å². The van der Waals surface area contributed by atoms with E-state index in [-0.39, 0.29) is 37.4 Å². The van der Waals surface area contributed by atoms with Gasteiger partial charge in [-0.25, -0.2) is 4.39 Å². The van der Waals surface area contributed by atoms with Crippen LogP contribution in [0.4, 0.5) is 28.9 Å². The highest BCUT2D eigenvalue weighted by molar-refractivity contribution is 6.07. The van der Waals surface area contributed by atoms with E-state index in [1.165, 1.54) is 17.0 Å². The van der Waals surface area contributed by atoms with E-state index >= 15 is 0 Å². The number of nitrogens with one attached hydrogen (secondary N) is 1. The van der Waals surface area contributed by atoms with Crippen LogP contribution in [0.5, 0.6) is 0 Å². The Kier molecular flexibility index (Phi) is 6.83. The molecule has 2 N–H and O–H groups in total. The number of fused-ring (bicyclic) bond motifs is 2. The highest BCUT2D eigenvalue weighted by atomic mass is 19.4. The molecular formula is C28H28F4N2O3. The Hall–Kier alpha value is -3.20. The second kappa shape index (κ2) is 9.93. The van der Waals surface area contributed by atoms with E-state index in [2.05, 4.69) is 5.32 Å². The topological polar surface area (TPSA) is 69.6 Å². The van der Waals surface area contributed by atoms with Crippen molar-refractivity contribution in [1.29, 1.82) is 0 Å². The summed E-state index contributed by atoms with van der Waals surface area (Å²) in [6.45, 7) is 0.104. The van der Waals surface area contributed by atoms with Gasteiger partial charge in [-0.05, 0) is 73.4 Å². The summed E-state index contributed by atoms with van der Waals surface area (Å²) in [7, 11) is 0. The van der Waals surface area contributed by atoms with E-state index in [4.69, 9.17) is 0 Å². The Labute approximate surface area is 212 Å². The normalized spacial score (nSPS) is 24.5. The number of benzene rings is 2. The SMILES string of the molecule is O=C(C=C1CCN(C(=O)C2CCC(F)C2)c2cc(C(F)(F)F)ccc21)Nc1cccc2c1CC(O)CC2. The average Bonchev–Trinajstić information content (AvgIpc) is 3.29. The number of aliphatic hydroxyl groups is 1. The number of hydrogen-bond acceptors (Lipinski definition) is 3. The molecule has 3 atom stereocenters. The van der Waals surface area contributed by atoms with Crippen LogP contribution in [0.2, 0.25) is 0 Å².